The van der Waals surface area contributed by atoms with Crippen LogP contribution in [0.25, 0.3) is 21.9 Å². The molecule has 0 atom stereocenters. The first kappa shape index (κ1) is 11.4. The molecular formula is C12H10N6O. The Hall–Kier alpha value is -2.70. The van der Waals surface area contributed by atoms with Gasteiger partial charge in [-0.05, 0) is 35.5 Å². The molecular weight excluding hydrogens is 244 g/mol. The number of nitrogens with zero attached hydrogens (tertiary/aromatic N) is 6. The largest absolute Gasteiger partial charge is 0.300 e. The molecule has 0 saturated heterocycles. The number of carbonyl (C=O) groups is 1. The summed E-state index contributed by atoms with van der Waals surface area (Å²) < 4.78 is 0. The van der Waals surface area contributed by atoms with Gasteiger partial charge in [-0.1, -0.05) is 6.07 Å². The zero-order valence-electron chi connectivity index (χ0n) is 10.2. The molecule has 7 heteroatoms. The molecule has 0 saturated carbocycles. The van der Waals surface area contributed by atoms with Gasteiger partial charge in [0.2, 0.25) is 6.41 Å². The lowest BCUT2D eigenvalue weighted by Crippen LogP contribution is -2.21. The van der Waals surface area contributed by atoms with Crippen LogP contribution in [0.2, 0.25) is 0 Å². The fourth-order valence-electron chi connectivity index (χ4n) is 1.92. The summed E-state index contributed by atoms with van der Waals surface area (Å²) in [5, 5.41) is 15.8. The zero-order valence-corrected chi connectivity index (χ0v) is 10.2. The number of hydrogen-bond acceptors (Lipinski definition) is 6. The van der Waals surface area contributed by atoms with E-state index in [4.69, 9.17) is 0 Å². The molecule has 2 aromatic heterocycles. The first-order valence-corrected chi connectivity index (χ1v) is 5.81. The number of amides is 1. The Kier molecular flexibility index (Phi) is 2.71. The van der Waals surface area contributed by atoms with E-state index in [1.807, 2.05) is 25.1 Å². The van der Waals surface area contributed by atoms with Crippen molar-refractivity contribution in [2.24, 2.45) is 0 Å². The Balaban J connectivity index is 2.31. The van der Waals surface area contributed by atoms with E-state index in [9.17, 15) is 4.79 Å². The third-order valence-corrected chi connectivity index (χ3v) is 2.90. The molecule has 7 nitrogen and oxygen atoms in total. The van der Waals surface area contributed by atoms with E-state index >= 15 is 0 Å². The van der Waals surface area contributed by atoms with E-state index in [-0.39, 0.29) is 0 Å². The Morgan fingerprint density at radius 1 is 1.11 bits per heavy atom. The molecule has 19 heavy (non-hydrogen) atoms. The summed E-state index contributed by atoms with van der Waals surface area (Å²) in [6.45, 7) is 2.44. The van der Waals surface area contributed by atoms with Crippen LogP contribution in [0.15, 0.2) is 24.3 Å². The lowest BCUT2D eigenvalue weighted by molar-refractivity contribution is -0.107. The molecule has 2 heterocycles. The van der Waals surface area contributed by atoms with Crippen LogP contribution in [-0.2, 0) is 4.79 Å². The molecule has 94 valence electrons. The van der Waals surface area contributed by atoms with E-state index in [1.54, 1.807) is 6.07 Å². The molecule has 1 amide bonds. The van der Waals surface area contributed by atoms with Crippen molar-refractivity contribution in [2.45, 2.75) is 6.92 Å². The normalized spacial score (nSPS) is 10.8. The first-order chi connectivity index (χ1) is 9.33. The number of carbonyl (C=O) groups excluding carboxylic acids is 1. The van der Waals surface area contributed by atoms with Crippen LogP contribution < -0.4 is 4.90 Å². The van der Waals surface area contributed by atoms with Crippen LogP contribution in [0.5, 0.6) is 0 Å². The summed E-state index contributed by atoms with van der Waals surface area (Å²) in [6.07, 6.45) is 0.755. The Bertz CT molecular complexity index is 759. The first-order valence-electron chi connectivity index (χ1n) is 5.81. The molecule has 0 aliphatic rings. The minimum atomic E-state index is 0.554. The summed E-state index contributed by atoms with van der Waals surface area (Å²) >= 11 is 0. The third-order valence-electron chi connectivity index (χ3n) is 2.90. The maximum absolute atomic E-state index is 11.0. The predicted molar refractivity (Wildman–Crippen MR) is 69.5 cm³/mol. The van der Waals surface area contributed by atoms with Gasteiger partial charge in [0.05, 0.1) is 0 Å². The average Bonchev–Trinajstić information content (AvgIpc) is 2.48. The van der Waals surface area contributed by atoms with Gasteiger partial charge in [0, 0.05) is 11.9 Å². The van der Waals surface area contributed by atoms with Crippen molar-refractivity contribution in [1.29, 1.82) is 0 Å². The van der Waals surface area contributed by atoms with Crippen molar-refractivity contribution < 1.29 is 4.79 Å². The highest BCUT2D eigenvalue weighted by atomic mass is 16.1. The molecule has 0 N–H and O–H groups in total. The molecule has 0 spiro atoms. The molecule has 0 aliphatic carbocycles. The van der Waals surface area contributed by atoms with Crippen molar-refractivity contribution >= 4 is 34.2 Å². The lowest BCUT2D eigenvalue weighted by Gasteiger charge is -2.14. The lowest BCUT2D eigenvalue weighted by atomic mass is 10.2. The number of aromatic nitrogens is 5. The Labute approximate surface area is 108 Å². The van der Waals surface area contributed by atoms with Crippen LogP contribution >= 0.6 is 0 Å². The highest BCUT2D eigenvalue weighted by Crippen LogP contribution is 2.22. The van der Waals surface area contributed by atoms with Crippen molar-refractivity contribution in [3.05, 3.63) is 24.3 Å². The van der Waals surface area contributed by atoms with Gasteiger partial charge in [-0.2, -0.15) is 0 Å². The second kappa shape index (κ2) is 4.52. The van der Waals surface area contributed by atoms with Gasteiger partial charge in [0.25, 0.3) is 0 Å². The topological polar surface area (TPSA) is 84.8 Å². The van der Waals surface area contributed by atoms with Crippen LogP contribution in [0.1, 0.15) is 6.92 Å². The standard InChI is InChI=1S/C12H10N6O/c1-2-18(7-19)10-6-4-8-3-5-9-12(11(8)13-10)15-17-16-14-9/h3-7H,2H2,1H3. The fraction of sp³-hybridized carbons (Fsp3) is 0.167. The summed E-state index contributed by atoms with van der Waals surface area (Å²) in [5.41, 5.74) is 1.87. The Morgan fingerprint density at radius 3 is 2.68 bits per heavy atom. The minimum absolute atomic E-state index is 0.554. The maximum atomic E-state index is 11.0. The van der Waals surface area contributed by atoms with Crippen molar-refractivity contribution in [3.63, 3.8) is 0 Å². The third kappa shape index (κ3) is 1.85. The summed E-state index contributed by atoms with van der Waals surface area (Å²) in [7, 11) is 0. The number of benzene rings is 1. The molecule has 3 aromatic rings. The van der Waals surface area contributed by atoms with E-state index in [1.165, 1.54) is 4.90 Å². The summed E-state index contributed by atoms with van der Waals surface area (Å²) in [4.78, 5) is 17.0. The van der Waals surface area contributed by atoms with Gasteiger partial charge in [-0.25, -0.2) is 4.98 Å². The highest BCUT2D eigenvalue weighted by Gasteiger charge is 2.09. The van der Waals surface area contributed by atoms with Crippen molar-refractivity contribution in [1.82, 2.24) is 25.6 Å². The van der Waals surface area contributed by atoms with E-state index in [2.05, 4.69) is 25.6 Å². The zero-order chi connectivity index (χ0) is 13.2. The molecule has 3 rings (SSSR count). The SMILES string of the molecule is CCN(C=O)c1ccc2ccc3nnnnc3c2n1. The molecule has 0 unspecified atom stereocenters. The predicted octanol–water partition coefficient (Wildman–Crippen LogP) is 0.951. The highest BCUT2D eigenvalue weighted by molar-refractivity contribution is 6.01. The quantitative estimate of drug-likeness (QED) is 0.511. The van der Waals surface area contributed by atoms with Gasteiger partial charge < -0.3 is 0 Å². The maximum Gasteiger partial charge on any atom is 0.215 e. The molecule has 1 aromatic carbocycles. The smallest absolute Gasteiger partial charge is 0.215 e. The van der Waals surface area contributed by atoms with Gasteiger partial charge in [0.15, 0.2) is 0 Å². The number of pyridine rings is 1. The van der Waals surface area contributed by atoms with Crippen LogP contribution in [0, 0.1) is 0 Å². The van der Waals surface area contributed by atoms with Crippen LogP contribution in [-0.4, -0.2) is 38.6 Å². The molecule has 0 aliphatic heterocycles. The Morgan fingerprint density at radius 2 is 1.89 bits per heavy atom. The van der Waals surface area contributed by atoms with Gasteiger partial charge in [-0.3, -0.25) is 9.69 Å². The van der Waals surface area contributed by atoms with Gasteiger partial charge in [-0.15, -0.1) is 10.2 Å². The van der Waals surface area contributed by atoms with Crippen molar-refractivity contribution in [2.75, 3.05) is 11.4 Å². The molecule has 0 radical (unpaired) electrons. The van der Waals surface area contributed by atoms with Crippen LogP contribution in [0.4, 0.5) is 5.82 Å². The number of anilines is 1. The second-order valence-electron chi connectivity index (χ2n) is 3.94. The monoisotopic (exact) mass is 254 g/mol. The van der Waals surface area contributed by atoms with E-state index in [0.29, 0.717) is 28.9 Å². The number of fused-ring (bicyclic) bond motifs is 3. The number of hydrogen-bond donors (Lipinski definition) is 0. The molecule has 0 bridgehead atoms. The second-order valence-corrected chi connectivity index (χ2v) is 3.94. The fourth-order valence-corrected chi connectivity index (χ4v) is 1.92. The van der Waals surface area contributed by atoms with Gasteiger partial charge >= 0.3 is 0 Å². The van der Waals surface area contributed by atoms with E-state index in [0.717, 1.165) is 11.8 Å². The van der Waals surface area contributed by atoms with E-state index < -0.39 is 0 Å². The average molecular weight is 254 g/mol. The summed E-state index contributed by atoms with van der Waals surface area (Å²) in [6, 6.07) is 7.40. The van der Waals surface area contributed by atoms with Gasteiger partial charge in [0.1, 0.15) is 22.4 Å². The molecule has 0 fully saturated rings. The summed E-state index contributed by atoms with van der Waals surface area (Å²) in [5.74, 6) is 0.580. The number of rotatable bonds is 3. The minimum Gasteiger partial charge on any atom is -0.300 e. The van der Waals surface area contributed by atoms with Crippen molar-refractivity contribution in [3.8, 4) is 0 Å². The van der Waals surface area contributed by atoms with Crippen LogP contribution in [0.3, 0.4) is 0 Å².